The molecular formula is C17H17N9O5. The number of hydrogen-bond acceptors (Lipinski definition) is 10. The maximum Gasteiger partial charge on any atom is 0.288 e. The van der Waals surface area contributed by atoms with Gasteiger partial charge in [-0.05, 0) is 24.3 Å². The summed E-state index contributed by atoms with van der Waals surface area (Å²) in [5, 5.41) is 12.9. The van der Waals surface area contributed by atoms with Gasteiger partial charge in [0.25, 0.3) is 17.7 Å². The molecule has 6 N–H and O–H groups in total. The van der Waals surface area contributed by atoms with Crippen LogP contribution in [-0.2, 0) is 11.3 Å². The molecule has 0 bridgehead atoms. The van der Waals surface area contributed by atoms with Gasteiger partial charge in [0.05, 0.1) is 12.5 Å². The lowest BCUT2D eigenvalue weighted by atomic mass is 10.1. The van der Waals surface area contributed by atoms with Crippen molar-refractivity contribution in [3.05, 3.63) is 59.7 Å². The number of amides is 3. The fraction of sp³-hybridized carbons (Fsp3) is 0.176. The van der Waals surface area contributed by atoms with Gasteiger partial charge in [-0.25, -0.2) is 21.4 Å². The minimum absolute atomic E-state index is 0.331. The molecule has 3 amide bonds. The summed E-state index contributed by atoms with van der Waals surface area (Å²) in [5.74, 6) is 9.03. The van der Waals surface area contributed by atoms with Gasteiger partial charge in [0.15, 0.2) is 11.4 Å². The van der Waals surface area contributed by atoms with Gasteiger partial charge in [-0.15, -0.1) is 5.10 Å². The van der Waals surface area contributed by atoms with Gasteiger partial charge < -0.3 is 8.83 Å². The van der Waals surface area contributed by atoms with Gasteiger partial charge >= 0.3 is 0 Å². The van der Waals surface area contributed by atoms with Crippen LogP contribution >= 0.6 is 0 Å². The van der Waals surface area contributed by atoms with E-state index in [1.165, 1.54) is 17.5 Å². The van der Waals surface area contributed by atoms with E-state index in [1.807, 2.05) is 10.9 Å². The number of nitrogens with two attached hydrogens (primary N) is 2. The zero-order chi connectivity index (χ0) is 22.0. The molecule has 4 rings (SSSR count). The highest BCUT2D eigenvalue weighted by Crippen LogP contribution is 2.33. The van der Waals surface area contributed by atoms with Crippen LogP contribution in [0.3, 0.4) is 0 Å². The second-order valence-corrected chi connectivity index (χ2v) is 6.39. The molecule has 0 saturated heterocycles. The Bertz CT molecular complexity index is 1130. The number of nitrogens with zero attached hydrogens (tertiary/aromatic N) is 5. The van der Waals surface area contributed by atoms with Crippen molar-refractivity contribution in [2.75, 3.05) is 0 Å². The molecule has 3 aromatic rings. The molecular weight excluding hydrogens is 410 g/mol. The molecule has 160 valence electrons. The monoisotopic (exact) mass is 427 g/mol. The van der Waals surface area contributed by atoms with Gasteiger partial charge in [-0.1, -0.05) is 5.21 Å². The molecule has 1 aliphatic rings. The van der Waals surface area contributed by atoms with Crippen LogP contribution in [0.4, 0.5) is 0 Å². The Morgan fingerprint density at radius 1 is 1.10 bits per heavy atom. The summed E-state index contributed by atoms with van der Waals surface area (Å²) in [5.41, 5.74) is 3.57. The number of hydrogen-bond donors (Lipinski definition) is 4. The van der Waals surface area contributed by atoms with Crippen LogP contribution in [0.5, 0.6) is 0 Å². The third-order valence-electron chi connectivity index (χ3n) is 4.56. The van der Waals surface area contributed by atoms with E-state index in [0.29, 0.717) is 23.7 Å². The lowest BCUT2D eigenvalue weighted by molar-refractivity contribution is -0.134. The SMILES string of the molecule is NNC(=O)c1nnn(CC(=O)N2N=C(c3ccco3)C[C@H]2c2ccco2)c1C(=O)NN. The third-order valence-corrected chi connectivity index (χ3v) is 4.56. The highest BCUT2D eigenvalue weighted by Gasteiger charge is 2.36. The molecule has 14 nitrogen and oxygen atoms in total. The molecule has 0 saturated carbocycles. The summed E-state index contributed by atoms with van der Waals surface area (Å²) >= 11 is 0. The Morgan fingerprint density at radius 2 is 1.84 bits per heavy atom. The van der Waals surface area contributed by atoms with Crippen molar-refractivity contribution in [1.82, 2.24) is 30.9 Å². The molecule has 4 heterocycles. The number of rotatable bonds is 6. The lowest BCUT2D eigenvalue weighted by Gasteiger charge is -2.20. The minimum Gasteiger partial charge on any atom is -0.467 e. The summed E-state index contributed by atoms with van der Waals surface area (Å²) in [4.78, 5) is 37.2. The second kappa shape index (κ2) is 8.21. The molecule has 1 aliphatic heterocycles. The predicted octanol–water partition coefficient (Wildman–Crippen LogP) is -0.951. The molecule has 14 heteroatoms. The Kier molecular flexibility index (Phi) is 5.30. The first-order valence-electron chi connectivity index (χ1n) is 8.95. The average Bonchev–Trinajstić information content (AvgIpc) is 3.56. The maximum absolute atomic E-state index is 13.1. The van der Waals surface area contributed by atoms with Gasteiger partial charge in [-0.3, -0.25) is 25.2 Å². The summed E-state index contributed by atoms with van der Waals surface area (Å²) in [7, 11) is 0. The largest absolute Gasteiger partial charge is 0.467 e. The first-order chi connectivity index (χ1) is 15.0. The molecule has 0 spiro atoms. The van der Waals surface area contributed by atoms with Crippen molar-refractivity contribution in [3.63, 3.8) is 0 Å². The van der Waals surface area contributed by atoms with Crippen LogP contribution < -0.4 is 22.5 Å². The fourth-order valence-electron chi connectivity index (χ4n) is 3.17. The van der Waals surface area contributed by atoms with Crippen LogP contribution in [0.2, 0.25) is 0 Å². The van der Waals surface area contributed by atoms with Gasteiger partial charge in [-0.2, -0.15) is 5.10 Å². The van der Waals surface area contributed by atoms with Gasteiger partial charge in [0.1, 0.15) is 29.8 Å². The quantitative estimate of drug-likeness (QED) is 0.217. The summed E-state index contributed by atoms with van der Waals surface area (Å²) < 4.78 is 11.8. The van der Waals surface area contributed by atoms with Crippen LogP contribution in [0, 0.1) is 0 Å². The lowest BCUT2D eigenvalue weighted by Crippen LogP contribution is -2.38. The van der Waals surface area contributed by atoms with Crippen molar-refractivity contribution in [2.45, 2.75) is 19.0 Å². The maximum atomic E-state index is 13.1. The first kappa shape index (κ1) is 20.0. The number of nitrogens with one attached hydrogen (secondary N) is 2. The normalized spacial score (nSPS) is 15.6. The Morgan fingerprint density at radius 3 is 2.48 bits per heavy atom. The Balaban J connectivity index is 1.65. The first-order valence-corrected chi connectivity index (χ1v) is 8.95. The predicted molar refractivity (Wildman–Crippen MR) is 101 cm³/mol. The van der Waals surface area contributed by atoms with E-state index in [2.05, 4.69) is 15.4 Å². The molecule has 0 fully saturated rings. The van der Waals surface area contributed by atoms with E-state index >= 15 is 0 Å². The summed E-state index contributed by atoms with van der Waals surface area (Å²) in [6, 6.07) is 6.32. The van der Waals surface area contributed by atoms with Crippen molar-refractivity contribution >= 4 is 23.4 Å². The van der Waals surface area contributed by atoms with E-state index < -0.39 is 30.3 Å². The third kappa shape index (κ3) is 3.67. The van der Waals surface area contributed by atoms with E-state index in [1.54, 1.807) is 24.3 Å². The van der Waals surface area contributed by atoms with Crippen LogP contribution in [0.25, 0.3) is 0 Å². The van der Waals surface area contributed by atoms with E-state index in [-0.39, 0.29) is 11.4 Å². The number of hydrazine groups is 2. The van der Waals surface area contributed by atoms with Crippen molar-refractivity contribution in [3.8, 4) is 0 Å². The topological polar surface area (TPSA) is 200 Å². The second-order valence-electron chi connectivity index (χ2n) is 6.39. The van der Waals surface area contributed by atoms with E-state index in [4.69, 9.17) is 20.5 Å². The van der Waals surface area contributed by atoms with E-state index in [9.17, 15) is 14.4 Å². The number of carbonyl (C=O) groups is 3. The van der Waals surface area contributed by atoms with E-state index in [0.717, 1.165) is 4.68 Å². The zero-order valence-corrected chi connectivity index (χ0v) is 15.9. The minimum atomic E-state index is -0.875. The van der Waals surface area contributed by atoms with Crippen molar-refractivity contribution in [1.29, 1.82) is 0 Å². The van der Waals surface area contributed by atoms with Crippen molar-refractivity contribution in [2.24, 2.45) is 16.8 Å². The highest BCUT2D eigenvalue weighted by atomic mass is 16.3. The Labute approximate surface area is 173 Å². The number of carbonyl (C=O) groups excluding carboxylic acids is 3. The standard InChI is InChI=1S/C17H17N9O5/c18-20-16(28)14-15(17(29)21-19)25(24-22-14)8-13(27)26-10(12-4-2-6-31-12)7-9(23-26)11-3-1-5-30-11/h1-6,10H,7-8,18-19H2,(H,20,28)(H,21,29)/t10-/m0/s1. The van der Waals surface area contributed by atoms with Crippen LogP contribution in [0.15, 0.2) is 50.7 Å². The fourth-order valence-corrected chi connectivity index (χ4v) is 3.17. The van der Waals surface area contributed by atoms with Crippen LogP contribution in [0.1, 0.15) is 45.0 Å². The molecule has 3 aromatic heterocycles. The molecule has 31 heavy (non-hydrogen) atoms. The highest BCUT2D eigenvalue weighted by molar-refractivity contribution is 6.04. The Hall–Kier alpha value is -4.30. The zero-order valence-electron chi connectivity index (χ0n) is 15.9. The molecule has 0 unspecified atom stereocenters. The summed E-state index contributed by atoms with van der Waals surface area (Å²) in [6.45, 7) is -0.459. The number of aromatic nitrogens is 3. The number of nitrogen functional groups attached to an aromatic ring is 2. The van der Waals surface area contributed by atoms with Crippen molar-refractivity contribution < 1.29 is 23.2 Å². The molecule has 0 aliphatic carbocycles. The van der Waals surface area contributed by atoms with Gasteiger partial charge in [0.2, 0.25) is 0 Å². The van der Waals surface area contributed by atoms with Crippen LogP contribution in [-0.4, -0.2) is 43.4 Å². The molecule has 1 atom stereocenters. The average molecular weight is 427 g/mol. The smallest absolute Gasteiger partial charge is 0.288 e. The number of hydrazone groups is 1. The summed E-state index contributed by atoms with van der Waals surface area (Å²) in [6.07, 6.45) is 3.34. The molecule has 0 aromatic carbocycles. The van der Waals surface area contributed by atoms with Gasteiger partial charge in [0, 0.05) is 6.42 Å². The molecule has 0 radical (unpaired) electrons. The number of furan rings is 2.